The Morgan fingerprint density at radius 3 is 2.74 bits per heavy atom. The van der Waals surface area contributed by atoms with Gasteiger partial charge in [0.1, 0.15) is 5.82 Å². The number of aromatic amines is 1. The summed E-state index contributed by atoms with van der Waals surface area (Å²) in [5.74, 6) is 0.0730. The molecular formula is C19H19ClN4O3. The second kappa shape index (κ2) is 7.75. The number of aromatic nitrogens is 3. The molecule has 0 aliphatic heterocycles. The van der Waals surface area contributed by atoms with E-state index in [4.69, 9.17) is 11.6 Å². The van der Waals surface area contributed by atoms with Gasteiger partial charge in [0.2, 0.25) is 0 Å². The maximum atomic E-state index is 12.8. The molecule has 1 N–H and O–H groups in total. The van der Waals surface area contributed by atoms with Gasteiger partial charge in [0, 0.05) is 36.4 Å². The summed E-state index contributed by atoms with van der Waals surface area (Å²) in [4.78, 5) is 45.7. The number of pyridine rings is 1. The van der Waals surface area contributed by atoms with E-state index >= 15 is 0 Å². The highest BCUT2D eigenvalue weighted by atomic mass is 35.5. The fraction of sp³-hybridized carbons (Fsp3) is 0.263. The first kappa shape index (κ1) is 18.8. The molecule has 0 atom stereocenters. The van der Waals surface area contributed by atoms with Crippen LogP contribution >= 0.6 is 11.6 Å². The highest BCUT2D eigenvalue weighted by molar-refractivity contribution is 6.31. The number of benzene rings is 1. The van der Waals surface area contributed by atoms with Gasteiger partial charge in [-0.1, -0.05) is 18.5 Å². The van der Waals surface area contributed by atoms with Gasteiger partial charge >= 0.3 is 0 Å². The average Bonchev–Trinajstić information content (AvgIpc) is 2.62. The van der Waals surface area contributed by atoms with Gasteiger partial charge in [-0.3, -0.25) is 14.4 Å². The van der Waals surface area contributed by atoms with Crippen molar-refractivity contribution in [3.05, 3.63) is 73.6 Å². The van der Waals surface area contributed by atoms with E-state index in [9.17, 15) is 14.4 Å². The van der Waals surface area contributed by atoms with E-state index in [1.807, 2.05) is 6.92 Å². The van der Waals surface area contributed by atoms with Crippen LogP contribution in [0.1, 0.15) is 29.5 Å². The van der Waals surface area contributed by atoms with Crippen LogP contribution in [0.2, 0.25) is 5.02 Å². The number of carbonyl (C=O) groups excluding carboxylic acids is 1. The molecule has 0 fully saturated rings. The summed E-state index contributed by atoms with van der Waals surface area (Å²) in [6.07, 6.45) is 2.28. The normalized spacial score (nSPS) is 10.9. The number of hydrogen-bond donors (Lipinski definition) is 1. The molecular weight excluding hydrogens is 368 g/mol. The lowest BCUT2D eigenvalue weighted by Crippen LogP contribution is -2.33. The minimum Gasteiger partial charge on any atom is -0.331 e. The fourth-order valence-electron chi connectivity index (χ4n) is 2.80. The van der Waals surface area contributed by atoms with E-state index in [1.54, 1.807) is 42.4 Å². The maximum Gasteiger partial charge on any atom is 0.258 e. The Hall–Kier alpha value is -2.93. The van der Waals surface area contributed by atoms with Gasteiger partial charge in [-0.05, 0) is 30.7 Å². The van der Waals surface area contributed by atoms with E-state index in [1.165, 1.54) is 10.6 Å². The van der Waals surface area contributed by atoms with Gasteiger partial charge in [-0.25, -0.2) is 4.98 Å². The second-order valence-corrected chi connectivity index (χ2v) is 6.70. The molecule has 0 aliphatic rings. The number of H-pyrrole nitrogens is 1. The van der Waals surface area contributed by atoms with Crippen molar-refractivity contribution < 1.29 is 4.79 Å². The zero-order valence-corrected chi connectivity index (χ0v) is 15.8. The van der Waals surface area contributed by atoms with Crippen molar-refractivity contribution in [2.24, 2.45) is 7.05 Å². The van der Waals surface area contributed by atoms with Gasteiger partial charge in [-0.15, -0.1) is 0 Å². The molecule has 0 aliphatic carbocycles. The molecule has 0 spiro atoms. The molecule has 2 heterocycles. The van der Waals surface area contributed by atoms with Crippen LogP contribution in [0.4, 0.5) is 0 Å². The minimum atomic E-state index is -0.289. The molecule has 8 heteroatoms. The van der Waals surface area contributed by atoms with Gasteiger partial charge in [0.25, 0.3) is 17.0 Å². The molecule has 1 amide bonds. The molecule has 2 aromatic heterocycles. The SMILES string of the molecule is CCCN(Cc1nc2cc(Cl)ccc2c(=O)[nH]1)C(=O)c1ccn(C)c(=O)c1. The smallest absolute Gasteiger partial charge is 0.258 e. The Morgan fingerprint density at radius 2 is 2.04 bits per heavy atom. The topological polar surface area (TPSA) is 88.1 Å². The van der Waals surface area contributed by atoms with Gasteiger partial charge < -0.3 is 14.5 Å². The van der Waals surface area contributed by atoms with Crippen LogP contribution in [-0.4, -0.2) is 31.9 Å². The zero-order chi connectivity index (χ0) is 19.6. The number of aryl methyl sites for hydroxylation is 1. The van der Waals surface area contributed by atoms with Gasteiger partial charge in [-0.2, -0.15) is 0 Å². The standard InChI is InChI=1S/C19H19ClN4O3/c1-3-7-24(19(27)12-6-8-23(2)17(25)9-12)11-16-21-15-10-13(20)4-5-14(15)18(26)22-16/h4-6,8-10H,3,7,11H2,1-2H3,(H,21,22,26). The highest BCUT2D eigenvalue weighted by Crippen LogP contribution is 2.15. The van der Waals surface area contributed by atoms with Crippen LogP contribution < -0.4 is 11.1 Å². The van der Waals surface area contributed by atoms with Crippen LogP contribution in [0.15, 0.2) is 46.1 Å². The first-order valence-corrected chi connectivity index (χ1v) is 8.91. The molecule has 0 radical (unpaired) electrons. The molecule has 140 valence electrons. The molecule has 0 bridgehead atoms. The lowest BCUT2D eigenvalue weighted by Gasteiger charge is -2.21. The molecule has 1 aromatic carbocycles. The van der Waals surface area contributed by atoms with Gasteiger partial charge in [0.15, 0.2) is 0 Å². The summed E-state index contributed by atoms with van der Waals surface area (Å²) < 4.78 is 1.40. The van der Waals surface area contributed by atoms with E-state index in [0.717, 1.165) is 6.42 Å². The number of nitrogens with zero attached hydrogens (tertiary/aromatic N) is 3. The first-order chi connectivity index (χ1) is 12.9. The predicted octanol–water partition coefficient (Wildman–Crippen LogP) is 2.33. The van der Waals surface area contributed by atoms with Crippen molar-refractivity contribution in [2.75, 3.05) is 6.54 Å². The predicted molar refractivity (Wildman–Crippen MR) is 104 cm³/mol. The van der Waals surface area contributed by atoms with Crippen molar-refractivity contribution in [3.8, 4) is 0 Å². The Bertz CT molecular complexity index is 1120. The Morgan fingerprint density at radius 1 is 1.26 bits per heavy atom. The lowest BCUT2D eigenvalue weighted by molar-refractivity contribution is 0.0738. The first-order valence-electron chi connectivity index (χ1n) is 8.53. The quantitative estimate of drug-likeness (QED) is 0.728. The van der Waals surface area contributed by atoms with Crippen LogP contribution in [0.5, 0.6) is 0 Å². The molecule has 7 nitrogen and oxygen atoms in total. The van der Waals surface area contributed by atoms with Crippen molar-refractivity contribution in [1.29, 1.82) is 0 Å². The molecule has 3 aromatic rings. The summed E-state index contributed by atoms with van der Waals surface area (Å²) >= 11 is 5.99. The molecule has 0 unspecified atom stereocenters. The number of nitrogens with one attached hydrogen (secondary N) is 1. The second-order valence-electron chi connectivity index (χ2n) is 6.27. The van der Waals surface area contributed by atoms with Crippen LogP contribution in [0.25, 0.3) is 10.9 Å². The molecule has 0 saturated heterocycles. The maximum absolute atomic E-state index is 12.8. The summed E-state index contributed by atoms with van der Waals surface area (Å²) in [6, 6.07) is 7.76. The summed E-state index contributed by atoms with van der Waals surface area (Å²) in [5.41, 5.74) is 0.227. The van der Waals surface area contributed by atoms with Crippen molar-refractivity contribution >= 4 is 28.4 Å². The van der Waals surface area contributed by atoms with E-state index < -0.39 is 0 Å². The Kier molecular flexibility index (Phi) is 5.41. The zero-order valence-electron chi connectivity index (χ0n) is 15.0. The van der Waals surface area contributed by atoms with Crippen LogP contribution in [-0.2, 0) is 13.6 Å². The van der Waals surface area contributed by atoms with Crippen molar-refractivity contribution in [3.63, 3.8) is 0 Å². The Balaban J connectivity index is 1.95. The average molecular weight is 387 g/mol. The third kappa shape index (κ3) is 4.09. The molecule has 3 rings (SSSR count). The van der Waals surface area contributed by atoms with Crippen molar-refractivity contribution in [1.82, 2.24) is 19.4 Å². The van der Waals surface area contributed by atoms with Crippen molar-refractivity contribution in [2.45, 2.75) is 19.9 Å². The third-order valence-corrected chi connectivity index (χ3v) is 4.43. The number of hydrogen-bond acceptors (Lipinski definition) is 4. The summed E-state index contributed by atoms with van der Waals surface area (Å²) in [5, 5.41) is 0.913. The number of rotatable bonds is 5. The molecule has 27 heavy (non-hydrogen) atoms. The monoisotopic (exact) mass is 386 g/mol. The third-order valence-electron chi connectivity index (χ3n) is 4.19. The molecule has 0 saturated carbocycles. The number of carbonyl (C=O) groups is 1. The number of halogens is 1. The van der Waals surface area contributed by atoms with Crippen LogP contribution in [0, 0.1) is 0 Å². The number of fused-ring (bicyclic) bond motifs is 1. The van der Waals surface area contributed by atoms with E-state index in [-0.39, 0.29) is 23.6 Å². The minimum absolute atomic E-state index is 0.125. The van der Waals surface area contributed by atoms with Gasteiger partial charge in [0.05, 0.1) is 17.4 Å². The van der Waals surface area contributed by atoms with E-state index in [2.05, 4.69) is 9.97 Å². The Labute approximate surface area is 160 Å². The largest absolute Gasteiger partial charge is 0.331 e. The number of amides is 1. The lowest BCUT2D eigenvalue weighted by atomic mass is 10.2. The van der Waals surface area contributed by atoms with Crippen LogP contribution in [0.3, 0.4) is 0 Å². The summed E-state index contributed by atoms with van der Waals surface area (Å²) in [6.45, 7) is 2.53. The van der Waals surface area contributed by atoms with E-state index in [0.29, 0.717) is 33.9 Å². The highest BCUT2D eigenvalue weighted by Gasteiger charge is 2.18. The summed E-state index contributed by atoms with van der Waals surface area (Å²) in [7, 11) is 1.62. The fourth-order valence-corrected chi connectivity index (χ4v) is 2.97.